The van der Waals surface area contributed by atoms with E-state index in [2.05, 4.69) is 11.8 Å². The van der Waals surface area contributed by atoms with Crippen LogP contribution in [-0.2, 0) is 4.79 Å². The monoisotopic (exact) mass is 284 g/mol. The van der Waals surface area contributed by atoms with E-state index in [1.54, 1.807) is 0 Å². The van der Waals surface area contributed by atoms with Gasteiger partial charge in [-0.15, -0.1) is 0 Å². The summed E-state index contributed by atoms with van der Waals surface area (Å²) in [5.74, 6) is 0.904. The SMILES string of the molecule is CC1CCN(CC(=O)C2CCC(N([O-])O)CC2)C(N)C1. The normalized spacial score (nSPS) is 36.2. The van der Waals surface area contributed by atoms with E-state index in [0.29, 0.717) is 38.1 Å². The predicted octanol–water partition coefficient (Wildman–Crippen LogP) is 1.32. The molecule has 1 heterocycles. The average Bonchev–Trinajstić information content (AvgIpc) is 2.42. The van der Waals surface area contributed by atoms with Crippen LogP contribution in [0.25, 0.3) is 0 Å². The number of carbonyl (C=O) groups excluding carboxylic acids is 1. The van der Waals surface area contributed by atoms with Crippen LogP contribution in [0.15, 0.2) is 0 Å². The smallest absolute Gasteiger partial charge is 0.149 e. The first-order valence-corrected chi connectivity index (χ1v) is 7.65. The number of nitrogens with two attached hydrogens (primary N) is 1. The van der Waals surface area contributed by atoms with Crippen molar-refractivity contribution in [2.45, 2.75) is 57.7 Å². The van der Waals surface area contributed by atoms with Crippen LogP contribution in [0.2, 0.25) is 0 Å². The van der Waals surface area contributed by atoms with E-state index in [-0.39, 0.29) is 29.1 Å². The molecule has 6 heteroatoms. The van der Waals surface area contributed by atoms with Gasteiger partial charge >= 0.3 is 0 Å². The second-order valence-electron chi connectivity index (χ2n) is 6.44. The van der Waals surface area contributed by atoms with Gasteiger partial charge in [-0.1, -0.05) is 6.92 Å². The topological polar surface area (TPSA) is 92.9 Å². The predicted molar refractivity (Wildman–Crippen MR) is 75.7 cm³/mol. The highest BCUT2D eigenvalue weighted by Crippen LogP contribution is 2.28. The summed E-state index contributed by atoms with van der Waals surface area (Å²) in [6, 6.07) is -0.336. The lowest BCUT2D eigenvalue weighted by atomic mass is 9.83. The second-order valence-corrected chi connectivity index (χ2v) is 6.44. The molecular weight excluding hydrogens is 258 g/mol. The third-order valence-electron chi connectivity index (χ3n) is 4.85. The molecule has 2 aliphatic rings. The largest absolute Gasteiger partial charge is 0.762 e. The molecule has 0 radical (unpaired) electrons. The first-order chi connectivity index (χ1) is 9.47. The molecule has 0 amide bonds. The van der Waals surface area contributed by atoms with Crippen LogP contribution >= 0.6 is 0 Å². The molecule has 20 heavy (non-hydrogen) atoms. The number of piperidine rings is 1. The summed E-state index contributed by atoms with van der Waals surface area (Å²) in [6.45, 7) is 3.53. The van der Waals surface area contributed by atoms with Crippen LogP contribution in [0.3, 0.4) is 0 Å². The molecule has 6 nitrogen and oxygen atoms in total. The van der Waals surface area contributed by atoms with Crippen molar-refractivity contribution in [2.75, 3.05) is 13.1 Å². The summed E-state index contributed by atoms with van der Waals surface area (Å²) < 4.78 is 0. The molecular formula is C14H26N3O3-. The number of hydroxylamine groups is 2. The Balaban J connectivity index is 1.78. The standard InChI is InChI=1S/C14H26N3O3/c1-10-6-7-16(14(15)8-10)9-13(18)11-2-4-12(5-3-11)17(19)20/h10-12,14,19H,2-9,15H2,1H3/q-1. The Labute approximate surface area is 120 Å². The lowest BCUT2D eigenvalue weighted by molar-refractivity contribution is -0.129. The van der Waals surface area contributed by atoms with Gasteiger partial charge in [0.2, 0.25) is 0 Å². The molecule has 0 aromatic rings. The molecule has 1 aliphatic carbocycles. The Morgan fingerprint density at radius 1 is 1.35 bits per heavy atom. The summed E-state index contributed by atoms with van der Waals surface area (Å²) in [5.41, 5.74) is 6.10. The highest BCUT2D eigenvalue weighted by Gasteiger charge is 2.30. The van der Waals surface area contributed by atoms with Crippen molar-refractivity contribution in [1.82, 2.24) is 10.1 Å². The molecule has 2 atom stereocenters. The number of nitrogens with zero attached hydrogens (tertiary/aromatic N) is 2. The molecule has 1 saturated heterocycles. The molecule has 1 aliphatic heterocycles. The maximum Gasteiger partial charge on any atom is 0.149 e. The lowest BCUT2D eigenvalue weighted by Crippen LogP contribution is -2.50. The van der Waals surface area contributed by atoms with E-state index in [1.807, 2.05) is 0 Å². The molecule has 0 aromatic heterocycles. The van der Waals surface area contributed by atoms with Crippen molar-refractivity contribution in [1.29, 1.82) is 0 Å². The minimum Gasteiger partial charge on any atom is -0.762 e. The third-order valence-corrected chi connectivity index (χ3v) is 4.85. The summed E-state index contributed by atoms with van der Waals surface area (Å²) in [6.07, 6.45) is 4.64. The number of carbonyl (C=O) groups is 1. The summed E-state index contributed by atoms with van der Waals surface area (Å²) in [5, 5.41) is 19.8. The van der Waals surface area contributed by atoms with Crippen LogP contribution < -0.4 is 5.73 Å². The van der Waals surface area contributed by atoms with Gasteiger partial charge in [-0.25, -0.2) is 0 Å². The molecule has 2 unspecified atom stereocenters. The van der Waals surface area contributed by atoms with Crippen LogP contribution in [0, 0.1) is 17.0 Å². The molecule has 116 valence electrons. The number of ketones is 1. The first-order valence-electron chi connectivity index (χ1n) is 7.65. The molecule has 2 fully saturated rings. The van der Waals surface area contributed by atoms with E-state index in [4.69, 9.17) is 10.9 Å². The summed E-state index contributed by atoms with van der Waals surface area (Å²) in [4.78, 5) is 14.4. The number of likely N-dealkylation sites (tertiary alicyclic amines) is 1. The zero-order valence-electron chi connectivity index (χ0n) is 12.2. The van der Waals surface area contributed by atoms with Crippen LogP contribution in [0.5, 0.6) is 0 Å². The summed E-state index contributed by atoms with van der Waals surface area (Å²) >= 11 is 0. The third kappa shape index (κ3) is 3.99. The van der Waals surface area contributed by atoms with E-state index in [9.17, 15) is 10.0 Å². The van der Waals surface area contributed by atoms with E-state index in [1.165, 1.54) is 0 Å². The van der Waals surface area contributed by atoms with Gasteiger partial charge in [-0.3, -0.25) is 14.9 Å². The van der Waals surface area contributed by atoms with Gasteiger partial charge < -0.3 is 16.1 Å². The highest BCUT2D eigenvalue weighted by atomic mass is 16.8. The number of Topliss-reactive ketones (excluding diaryl/α,β-unsaturated/α-hetero) is 1. The van der Waals surface area contributed by atoms with Crippen LogP contribution in [-0.4, -0.2) is 46.4 Å². The Bertz CT molecular complexity index is 330. The van der Waals surface area contributed by atoms with Crippen molar-refractivity contribution >= 4 is 5.78 Å². The fourth-order valence-corrected chi connectivity index (χ4v) is 3.38. The lowest BCUT2D eigenvalue weighted by Gasteiger charge is -2.38. The Kier molecular flexibility index (Phi) is 5.51. The molecule has 1 saturated carbocycles. The zero-order chi connectivity index (χ0) is 14.7. The van der Waals surface area contributed by atoms with Gasteiger partial charge in [0.15, 0.2) is 0 Å². The Morgan fingerprint density at radius 2 is 2.00 bits per heavy atom. The number of hydrogen-bond donors (Lipinski definition) is 2. The minimum atomic E-state index is -0.336. The first kappa shape index (κ1) is 15.9. The molecule has 0 spiro atoms. The Hall–Kier alpha value is -0.530. The van der Waals surface area contributed by atoms with Crippen molar-refractivity contribution in [3.8, 4) is 0 Å². The highest BCUT2D eigenvalue weighted by molar-refractivity contribution is 5.83. The second kappa shape index (κ2) is 6.95. The van der Waals surface area contributed by atoms with Crippen LogP contribution in [0.1, 0.15) is 45.4 Å². The van der Waals surface area contributed by atoms with Gasteiger partial charge in [0.25, 0.3) is 0 Å². The molecule has 3 N–H and O–H groups in total. The summed E-state index contributed by atoms with van der Waals surface area (Å²) in [7, 11) is 0. The van der Waals surface area contributed by atoms with Crippen molar-refractivity contribution in [3.63, 3.8) is 0 Å². The number of hydrogen-bond acceptors (Lipinski definition) is 6. The fourth-order valence-electron chi connectivity index (χ4n) is 3.38. The maximum absolute atomic E-state index is 12.3. The van der Waals surface area contributed by atoms with Crippen molar-refractivity contribution < 1.29 is 10.0 Å². The zero-order valence-corrected chi connectivity index (χ0v) is 12.2. The maximum atomic E-state index is 12.3. The van der Waals surface area contributed by atoms with Gasteiger partial charge in [0, 0.05) is 18.5 Å². The minimum absolute atomic E-state index is 0.00591. The van der Waals surface area contributed by atoms with E-state index >= 15 is 0 Å². The van der Waals surface area contributed by atoms with Crippen molar-refractivity contribution in [2.24, 2.45) is 17.6 Å². The quantitative estimate of drug-likeness (QED) is 0.756. The number of rotatable bonds is 4. The van der Waals surface area contributed by atoms with Crippen molar-refractivity contribution in [3.05, 3.63) is 5.21 Å². The van der Waals surface area contributed by atoms with Gasteiger partial charge in [0.05, 0.1) is 12.7 Å². The van der Waals surface area contributed by atoms with E-state index < -0.39 is 0 Å². The molecule has 0 bridgehead atoms. The van der Waals surface area contributed by atoms with E-state index in [0.717, 1.165) is 19.4 Å². The van der Waals surface area contributed by atoms with Gasteiger partial charge in [-0.2, -0.15) is 0 Å². The molecule has 0 aromatic carbocycles. The van der Waals surface area contributed by atoms with Gasteiger partial charge in [0.1, 0.15) is 5.78 Å². The average molecular weight is 284 g/mol. The Morgan fingerprint density at radius 3 is 2.55 bits per heavy atom. The van der Waals surface area contributed by atoms with Gasteiger partial charge in [-0.05, 0) is 44.4 Å². The van der Waals surface area contributed by atoms with Crippen LogP contribution in [0.4, 0.5) is 0 Å². The fraction of sp³-hybridized carbons (Fsp3) is 0.929. The molecule has 2 rings (SSSR count).